The Labute approximate surface area is 138 Å². The fraction of sp³-hybridized carbons (Fsp3) is 0.765. The number of rotatable bonds is 6. The lowest BCUT2D eigenvalue weighted by molar-refractivity contribution is -0.152. The summed E-state index contributed by atoms with van der Waals surface area (Å²) in [5, 5.41) is 9.11. The molecule has 130 valence electrons. The lowest BCUT2D eigenvalue weighted by Gasteiger charge is -2.38. The van der Waals surface area contributed by atoms with Gasteiger partial charge in [-0.1, -0.05) is 19.8 Å². The van der Waals surface area contributed by atoms with E-state index in [1.807, 2.05) is 46.7 Å². The van der Waals surface area contributed by atoms with Gasteiger partial charge < -0.3 is 14.7 Å². The summed E-state index contributed by atoms with van der Waals surface area (Å²) in [6.07, 6.45) is -0.0943. The molecule has 0 aliphatic carbocycles. The molecule has 1 unspecified atom stereocenters. The predicted octanol–water partition coefficient (Wildman–Crippen LogP) is 0.914. The fourth-order valence-corrected chi connectivity index (χ4v) is 1.90. The van der Waals surface area contributed by atoms with Crippen molar-refractivity contribution in [1.29, 1.82) is 0 Å². The maximum absolute atomic E-state index is 12.0. The molecule has 0 saturated carbocycles. The zero-order valence-corrected chi connectivity index (χ0v) is 14.9. The Kier molecular flexibility index (Phi) is 6.60. The Morgan fingerprint density at radius 2 is 1.91 bits per heavy atom. The average Bonchev–Trinajstić information content (AvgIpc) is 2.37. The molecule has 0 aromatic rings. The smallest absolute Gasteiger partial charge is 0.309 e. The molecule has 1 aliphatic heterocycles. The van der Waals surface area contributed by atoms with E-state index in [1.165, 1.54) is 0 Å². The normalized spacial score (nSPS) is 16.8. The summed E-state index contributed by atoms with van der Waals surface area (Å²) in [4.78, 5) is 26.6. The summed E-state index contributed by atoms with van der Waals surface area (Å²) < 4.78 is 5.60. The lowest BCUT2D eigenvalue weighted by atomic mass is 9.97. The van der Waals surface area contributed by atoms with Crippen LogP contribution in [0.4, 0.5) is 0 Å². The van der Waals surface area contributed by atoms with Crippen molar-refractivity contribution in [1.82, 2.24) is 9.80 Å². The zero-order valence-electron chi connectivity index (χ0n) is 14.9. The molecular weight excluding hydrogens is 296 g/mol. The second-order valence-corrected chi connectivity index (χ2v) is 7.06. The number of carbonyl (C=O) groups excluding carboxylic acids is 1. The Morgan fingerprint density at radius 1 is 1.35 bits per heavy atom. The van der Waals surface area contributed by atoms with Crippen molar-refractivity contribution in [2.45, 2.75) is 39.3 Å². The van der Waals surface area contributed by atoms with Gasteiger partial charge in [0.2, 0.25) is 0 Å². The van der Waals surface area contributed by atoms with Crippen LogP contribution in [0.1, 0.15) is 27.7 Å². The lowest BCUT2D eigenvalue weighted by Crippen LogP contribution is -2.55. The maximum Gasteiger partial charge on any atom is 0.309 e. The predicted molar refractivity (Wildman–Crippen MR) is 87.8 cm³/mol. The average molecular weight is 324 g/mol. The summed E-state index contributed by atoms with van der Waals surface area (Å²) in [5.74, 6) is 4.09. The van der Waals surface area contributed by atoms with E-state index in [2.05, 4.69) is 11.8 Å². The van der Waals surface area contributed by atoms with Gasteiger partial charge in [0, 0.05) is 13.1 Å². The molecule has 0 spiro atoms. The number of carbonyl (C=O) groups is 2. The van der Waals surface area contributed by atoms with Crippen molar-refractivity contribution in [2.75, 3.05) is 33.8 Å². The van der Waals surface area contributed by atoms with Crippen molar-refractivity contribution < 1.29 is 19.4 Å². The molecule has 1 saturated heterocycles. The van der Waals surface area contributed by atoms with Gasteiger partial charge in [-0.15, -0.1) is 0 Å². The van der Waals surface area contributed by atoms with Crippen LogP contribution in [0, 0.1) is 23.7 Å². The second kappa shape index (κ2) is 7.80. The van der Waals surface area contributed by atoms with Gasteiger partial charge >= 0.3 is 5.97 Å². The van der Waals surface area contributed by atoms with E-state index in [4.69, 9.17) is 9.84 Å². The van der Waals surface area contributed by atoms with Crippen LogP contribution in [-0.4, -0.2) is 72.2 Å². The Bertz CT molecular complexity index is 496. The van der Waals surface area contributed by atoms with Gasteiger partial charge in [0.25, 0.3) is 5.91 Å². The fourth-order valence-electron chi connectivity index (χ4n) is 1.90. The first-order valence-corrected chi connectivity index (χ1v) is 7.88. The minimum absolute atomic E-state index is 0.0180. The first-order valence-electron chi connectivity index (χ1n) is 7.88. The van der Waals surface area contributed by atoms with Crippen LogP contribution in [0.15, 0.2) is 0 Å². The third-order valence-corrected chi connectivity index (χ3v) is 4.36. The number of hydrogen-bond donors (Lipinski definition) is 1. The topological polar surface area (TPSA) is 70.1 Å². The number of hydrogen-bond acceptors (Lipinski definition) is 4. The van der Waals surface area contributed by atoms with Gasteiger partial charge in [0.15, 0.2) is 0 Å². The van der Waals surface area contributed by atoms with Crippen molar-refractivity contribution in [3.05, 3.63) is 0 Å². The van der Waals surface area contributed by atoms with Gasteiger partial charge in [0.1, 0.15) is 0 Å². The van der Waals surface area contributed by atoms with E-state index in [0.717, 1.165) is 0 Å². The molecule has 1 aliphatic rings. The Hall–Kier alpha value is -1.58. The molecule has 1 fully saturated rings. The van der Waals surface area contributed by atoms with E-state index in [1.54, 1.807) is 4.90 Å². The maximum atomic E-state index is 12.0. The van der Waals surface area contributed by atoms with Crippen LogP contribution >= 0.6 is 0 Å². The van der Waals surface area contributed by atoms with E-state index in [-0.39, 0.29) is 30.1 Å². The first kappa shape index (κ1) is 19.5. The highest BCUT2D eigenvalue weighted by Gasteiger charge is 2.32. The summed E-state index contributed by atoms with van der Waals surface area (Å²) in [6, 6.07) is 0. The van der Waals surface area contributed by atoms with E-state index in [0.29, 0.717) is 13.1 Å². The zero-order chi connectivity index (χ0) is 17.8. The molecule has 0 radical (unpaired) electrons. The molecule has 6 heteroatoms. The largest absolute Gasteiger partial charge is 0.481 e. The third kappa shape index (κ3) is 5.52. The number of amides is 1. The molecule has 1 amide bonds. The molecular formula is C17H28N2O4. The highest BCUT2D eigenvalue weighted by molar-refractivity contribution is 5.94. The van der Waals surface area contributed by atoms with Gasteiger partial charge in [-0.2, -0.15) is 0 Å². The second-order valence-electron chi connectivity index (χ2n) is 7.06. The van der Waals surface area contributed by atoms with Crippen molar-refractivity contribution in [2.24, 2.45) is 11.8 Å². The summed E-state index contributed by atoms with van der Waals surface area (Å²) in [7, 11) is 3.83. The van der Waals surface area contributed by atoms with E-state index < -0.39 is 11.9 Å². The molecule has 1 rings (SSSR count). The van der Waals surface area contributed by atoms with E-state index >= 15 is 0 Å². The monoisotopic (exact) mass is 324 g/mol. The molecule has 23 heavy (non-hydrogen) atoms. The molecule has 6 nitrogen and oxygen atoms in total. The molecule has 1 N–H and O–H groups in total. The van der Waals surface area contributed by atoms with Gasteiger partial charge in [0.05, 0.1) is 24.2 Å². The summed E-state index contributed by atoms with van der Waals surface area (Å²) >= 11 is 0. The first-order chi connectivity index (χ1) is 10.5. The molecule has 0 aromatic carbocycles. The molecule has 0 aromatic heterocycles. The minimum atomic E-state index is -0.843. The molecule has 1 atom stereocenters. The quantitative estimate of drug-likeness (QED) is 0.736. The van der Waals surface area contributed by atoms with Crippen LogP contribution in [-0.2, 0) is 14.3 Å². The van der Waals surface area contributed by atoms with Crippen LogP contribution in [0.5, 0.6) is 0 Å². The highest BCUT2D eigenvalue weighted by atomic mass is 16.5. The number of nitrogens with zero attached hydrogens (tertiary/aromatic N) is 2. The van der Waals surface area contributed by atoms with Crippen LogP contribution in [0.25, 0.3) is 0 Å². The molecule has 1 heterocycles. The van der Waals surface area contributed by atoms with Crippen LogP contribution in [0.3, 0.4) is 0 Å². The number of carboxylic acid groups (broad SMARTS) is 1. The number of ether oxygens (including phenoxy) is 1. The van der Waals surface area contributed by atoms with E-state index in [9.17, 15) is 9.59 Å². The van der Waals surface area contributed by atoms with Crippen molar-refractivity contribution in [3.8, 4) is 11.8 Å². The highest BCUT2D eigenvalue weighted by Crippen LogP contribution is 2.17. The SMILES string of the molecule is CC(C)C(COC1CN(C(=O)C#CC(C)(C)N(C)C)C1)C(=O)O. The van der Waals surface area contributed by atoms with Gasteiger partial charge in [-0.25, -0.2) is 0 Å². The van der Waals surface area contributed by atoms with Crippen LogP contribution < -0.4 is 0 Å². The van der Waals surface area contributed by atoms with Crippen molar-refractivity contribution >= 4 is 11.9 Å². The van der Waals surface area contributed by atoms with Crippen molar-refractivity contribution in [3.63, 3.8) is 0 Å². The Balaban J connectivity index is 2.41. The van der Waals surface area contributed by atoms with Gasteiger partial charge in [-0.05, 0) is 39.8 Å². The van der Waals surface area contributed by atoms with Gasteiger partial charge in [-0.3, -0.25) is 14.5 Å². The summed E-state index contributed by atoms with van der Waals surface area (Å²) in [5.41, 5.74) is -0.359. The Morgan fingerprint density at radius 3 is 2.35 bits per heavy atom. The third-order valence-electron chi connectivity index (χ3n) is 4.36. The molecule has 0 bridgehead atoms. The number of carboxylic acids is 1. The summed E-state index contributed by atoms with van der Waals surface area (Å²) in [6.45, 7) is 8.75. The minimum Gasteiger partial charge on any atom is -0.481 e. The number of likely N-dealkylation sites (tertiary alicyclic amines) is 1. The number of aliphatic carboxylic acids is 1. The standard InChI is InChI=1S/C17H28N2O4/c1-12(2)14(16(21)22)11-23-13-9-19(10-13)15(20)7-8-17(3,4)18(5)6/h12-14H,9-11H2,1-6H3,(H,21,22). The van der Waals surface area contributed by atoms with Crippen LogP contribution in [0.2, 0.25) is 0 Å².